The summed E-state index contributed by atoms with van der Waals surface area (Å²) < 4.78 is 8.09. The van der Waals surface area contributed by atoms with Crippen LogP contribution >= 0.6 is 0 Å². The van der Waals surface area contributed by atoms with E-state index in [-0.39, 0.29) is 6.10 Å². The number of ether oxygens (including phenoxy) is 1. The number of imidazole rings is 1. The fourth-order valence-electron chi connectivity index (χ4n) is 3.56. The highest BCUT2D eigenvalue weighted by Crippen LogP contribution is 2.33. The van der Waals surface area contributed by atoms with Gasteiger partial charge in [-0.1, -0.05) is 18.2 Å². The minimum Gasteiger partial charge on any atom is -0.373 e. The van der Waals surface area contributed by atoms with Gasteiger partial charge in [-0.3, -0.25) is 9.67 Å². The normalized spacial score (nSPS) is 20.2. The van der Waals surface area contributed by atoms with Crippen molar-refractivity contribution < 1.29 is 4.74 Å². The Balaban J connectivity index is 1.41. The van der Waals surface area contributed by atoms with Gasteiger partial charge >= 0.3 is 0 Å². The van der Waals surface area contributed by atoms with Gasteiger partial charge in [-0.2, -0.15) is 5.10 Å². The van der Waals surface area contributed by atoms with Crippen molar-refractivity contribution in [1.29, 1.82) is 0 Å². The number of nitrogens with zero attached hydrogens (tertiary/aromatic N) is 3. The molecule has 0 bridgehead atoms. The van der Waals surface area contributed by atoms with Gasteiger partial charge in [-0.05, 0) is 25.5 Å². The van der Waals surface area contributed by atoms with E-state index in [0.717, 1.165) is 43.2 Å². The van der Waals surface area contributed by atoms with Crippen molar-refractivity contribution in [3.8, 4) is 5.69 Å². The molecule has 1 aliphatic rings. The van der Waals surface area contributed by atoms with Crippen molar-refractivity contribution in [2.75, 3.05) is 13.2 Å². The molecule has 25 heavy (non-hydrogen) atoms. The van der Waals surface area contributed by atoms with Crippen molar-refractivity contribution in [2.24, 2.45) is 5.92 Å². The molecule has 0 spiro atoms. The Bertz CT molecular complexity index is 797. The molecule has 0 unspecified atom stereocenters. The number of para-hydroxylation sites is 1. The van der Waals surface area contributed by atoms with E-state index in [9.17, 15) is 0 Å². The van der Waals surface area contributed by atoms with Crippen LogP contribution in [0, 0.1) is 12.8 Å². The summed E-state index contributed by atoms with van der Waals surface area (Å²) >= 11 is 0. The molecule has 0 radical (unpaired) electrons. The van der Waals surface area contributed by atoms with Gasteiger partial charge in [0.25, 0.3) is 0 Å². The Labute approximate surface area is 147 Å². The molecule has 2 N–H and O–H groups in total. The largest absolute Gasteiger partial charge is 0.373 e. The number of hydrogen-bond donors (Lipinski definition) is 2. The maximum absolute atomic E-state index is 5.89. The Morgan fingerprint density at radius 1 is 1.28 bits per heavy atom. The van der Waals surface area contributed by atoms with Crippen molar-refractivity contribution >= 4 is 0 Å². The number of H-pyrrole nitrogens is 1. The summed E-state index contributed by atoms with van der Waals surface area (Å²) in [5.41, 5.74) is 3.45. The number of aromatic amines is 1. The molecule has 2 aromatic heterocycles. The van der Waals surface area contributed by atoms with E-state index >= 15 is 0 Å². The summed E-state index contributed by atoms with van der Waals surface area (Å²) in [6, 6.07) is 10.4. The van der Waals surface area contributed by atoms with Crippen LogP contribution in [0.5, 0.6) is 0 Å². The molecule has 3 heterocycles. The third-order valence-corrected chi connectivity index (χ3v) is 4.80. The second-order valence-corrected chi connectivity index (χ2v) is 6.47. The molecule has 6 nitrogen and oxygen atoms in total. The van der Waals surface area contributed by atoms with Crippen LogP contribution < -0.4 is 5.32 Å². The van der Waals surface area contributed by atoms with Gasteiger partial charge in [0.2, 0.25) is 0 Å². The topological polar surface area (TPSA) is 67.8 Å². The van der Waals surface area contributed by atoms with Gasteiger partial charge in [0.15, 0.2) is 0 Å². The fourth-order valence-corrected chi connectivity index (χ4v) is 3.56. The molecule has 1 aliphatic heterocycles. The van der Waals surface area contributed by atoms with Crippen LogP contribution in [-0.4, -0.2) is 32.9 Å². The van der Waals surface area contributed by atoms with Gasteiger partial charge in [0, 0.05) is 43.1 Å². The van der Waals surface area contributed by atoms with Crippen LogP contribution in [0.25, 0.3) is 5.69 Å². The van der Waals surface area contributed by atoms with Crippen molar-refractivity contribution in [3.63, 3.8) is 0 Å². The number of nitrogens with one attached hydrogen (secondary N) is 2. The zero-order valence-corrected chi connectivity index (χ0v) is 14.4. The molecule has 0 aliphatic carbocycles. The van der Waals surface area contributed by atoms with Crippen molar-refractivity contribution in [2.45, 2.75) is 26.0 Å². The summed E-state index contributed by atoms with van der Waals surface area (Å²) in [6.07, 6.45) is 6.94. The van der Waals surface area contributed by atoms with Crippen molar-refractivity contribution in [1.82, 2.24) is 25.1 Å². The standard InChI is InChI=1S/C19H23N5O/c1-14-21-13-18(24(14)17-5-3-2-4-6-17)12-20-9-15-7-8-25-19(15)16-10-22-23-11-16/h2-6,10-11,13,15,19-20H,7-9,12H2,1H3,(H,22,23)/t15-,19+/m1/s1. The highest BCUT2D eigenvalue weighted by Gasteiger charge is 2.29. The molecule has 6 heteroatoms. The smallest absolute Gasteiger partial charge is 0.110 e. The first-order valence-electron chi connectivity index (χ1n) is 8.72. The van der Waals surface area contributed by atoms with E-state index in [1.165, 1.54) is 5.69 Å². The number of benzene rings is 1. The third kappa shape index (κ3) is 3.36. The monoisotopic (exact) mass is 337 g/mol. The predicted octanol–water partition coefficient (Wildman–Crippen LogP) is 2.77. The molecule has 0 saturated carbocycles. The highest BCUT2D eigenvalue weighted by molar-refractivity contribution is 5.35. The van der Waals surface area contributed by atoms with Crippen LogP contribution in [0.4, 0.5) is 0 Å². The van der Waals surface area contributed by atoms with Crippen LogP contribution in [0.1, 0.15) is 29.6 Å². The summed E-state index contributed by atoms with van der Waals surface area (Å²) in [5, 5.41) is 10.5. The van der Waals surface area contributed by atoms with E-state index in [1.807, 2.05) is 31.6 Å². The number of hydrogen-bond acceptors (Lipinski definition) is 4. The van der Waals surface area contributed by atoms with Gasteiger partial charge in [-0.25, -0.2) is 4.98 Å². The quantitative estimate of drug-likeness (QED) is 0.726. The Kier molecular flexibility index (Phi) is 4.63. The first-order chi connectivity index (χ1) is 12.3. The van der Waals surface area contributed by atoms with E-state index in [4.69, 9.17) is 4.74 Å². The fraction of sp³-hybridized carbons (Fsp3) is 0.368. The second kappa shape index (κ2) is 7.21. The average Bonchev–Trinajstić information content (AvgIpc) is 3.37. The van der Waals surface area contributed by atoms with E-state index in [2.05, 4.69) is 49.3 Å². The maximum atomic E-state index is 5.89. The molecule has 1 aromatic carbocycles. The lowest BCUT2D eigenvalue weighted by Gasteiger charge is -2.18. The SMILES string of the molecule is Cc1ncc(CNC[C@H]2CCO[C@@H]2c2cn[nH]c2)n1-c1ccccc1. The first-order valence-corrected chi connectivity index (χ1v) is 8.72. The van der Waals surface area contributed by atoms with Gasteiger partial charge in [0.05, 0.1) is 24.2 Å². The van der Waals surface area contributed by atoms with Crippen LogP contribution in [0.3, 0.4) is 0 Å². The third-order valence-electron chi connectivity index (χ3n) is 4.80. The molecule has 1 fully saturated rings. The molecule has 1 saturated heterocycles. The summed E-state index contributed by atoms with van der Waals surface area (Å²) in [7, 11) is 0. The number of rotatable bonds is 6. The lowest BCUT2D eigenvalue weighted by molar-refractivity contribution is 0.0904. The maximum Gasteiger partial charge on any atom is 0.110 e. The molecule has 0 amide bonds. The Hall–Kier alpha value is -2.44. The van der Waals surface area contributed by atoms with Crippen LogP contribution in [-0.2, 0) is 11.3 Å². The summed E-state index contributed by atoms with van der Waals surface area (Å²) in [5.74, 6) is 1.47. The lowest BCUT2D eigenvalue weighted by Crippen LogP contribution is -2.25. The zero-order valence-electron chi connectivity index (χ0n) is 14.4. The second-order valence-electron chi connectivity index (χ2n) is 6.47. The van der Waals surface area contributed by atoms with Crippen LogP contribution in [0.15, 0.2) is 48.9 Å². The van der Waals surface area contributed by atoms with Crippen LogP contribution in [0.2, 0.25) is 0 Å². The van der Waals surface area contributed by atoms with Gasteiger partial charge in [0.1, 0.15) is 5.82 Å². The minimum absolute atomic E-state index is 0.132. The Morgan fingerprint density at radius 3 is 2.96 bits per heavy atom. The highest BCUT2D eigenvalue weighted by atomic mass is 16.5. The number of aryl methyl sites for hydroxylation is 1. The number of aromatic nitrogens is 4. The molecule has 4 rings (SSSR count). The van der Waals surface area contributed by atoms with E-state index in [0.29, 0.717) is 5.92 Å². The predicted molar refractivity (Wildman–Crippen MR) is 95.4 cm³/mol. The minimum atomic E-state index is 0.132. The summed E-state index contributed by atoms with van der Waals surface area (Å²) in [6.45, 7) is 4.54. The first kappa shape index (κ1) is 16.1. The molecular weight excluding hydrogens is 314 g/mol. The van der Waals surface area contributed by atoms with Crippen molar-refractivity contribution in [3.05, 3.63) is 66.0 Å². The summed E-state index contributed by atoms with van der Waals surface area (Å²) in [4.78, 5) is 4.48. The zero-order chi connectivity index (χ0) is 17.1. The van der Waals surface area contributed by atoms with Gasteiger partial charge in [-0.15, -0.1) is 0 Å². The molecular formula is C19H23N5O. The molecule has 2 atom stereocenters. The molecule has 3 aromatic rings. The molecule has 130 valence electrons. The lowest BCUT2D eigenvalue weighted by atomic mass is 9.97. The van der Waals surface area contributed by atoms with E-state index < -0.39 is 0 Å². The average molecular weight is 337 g/mol. The van der Waals surface area contributed by atoms with E-state index in [1.54, 1.807) is 0 Å². The Morgan fingerprint density at radius 2 is 2.16 bits per heavy atom. The van der Waals surface area contributed by atoms with Gasteiger partial charge < -0.3 is 10.1 Å².